The summed E-state index contributed by atoms with van der Waals surface area (Å²) in [6.45, 7) is 7.05. The van der Waals surface area contributed by atoms with Crippen LogP contribution in [0, 0.1) is 0 Å². The fourth-order valence-corrected chi connectivity index (χ4v) is 2.05. The summed E-state index contributed by atoms with van der Waals surface area (Å²) in [7, 11) is 2.00. The summed E-state index contributed by atoms with van der Waals surface area (Å²) in [5.41, 5.74) is 0.109. The molecule has 1 unspecified atom stereocenters. The number of aromatic nitrogens is 2. The minimum atomic E-state index is 0.109. The molecule has 0 spiro atoms. The van der Waals surface area contributed by atoms with Crippen LogP contribution in [0.2, 0.25) is 0 Å². The topological polar surface area (TPSA) is 39.0 Å². The third kappa shape index (κ3) is 3.73. The standard InChI is InChI=1S/C13H25N3O/c1-5-12(14-4)7-6-8-15-9-10-16(11(2)3)13(15)17/h9-12,14H,5-8H2,1-4H3. The Morgan fingerprint density at radius 1 is 1.35 bits per heavy atom. The summed E-state index contributed by atoms with van der Waals surface area (Å²) >= 11 is 0. The molecular formula is C13H25N3O. The summed E-state index contributed by atoms with van der Waals surface area (Å²) in [6.07, 6.45) is 7.07. The van der Waals surface area contributed by atoms with Crippen LogP contribution in [0.15, 0.2) is 17.2 Å². The van der Waals surface area contributed by atoms with E-state index in [9.17, 15) is 4.79 Å². The summed E-state index contributed by atoms with van der Waals surface area (Å²) in [5.74, 6) is 0. The molecule has 0 aromatic carbocycles. The molecule has 1 aromatic rings. The van der Waals surface area contributed by atoms with Gasteiger partial charge in [-0.15, -0.1) is 0 Å². The molecular weight excluding hydrogens is 214 g/mol. The van der Waals surface area contributed by atoms with E-state index in [4.69, 9.17) is 0 Å². The highest BCUT2D eigenvalue weighted by Crippen LogP contribution is 2.04. The maximum absolute atomic E-state index is 11.9. The fraction of sp³-hybridized carbons (Fsp3) is 0.769. The van der Waals surface area contributed by atoms with Crippen molar-refractivity contribution in [3.8, 4) is 0 Å². The molecule has 4 heteroatoms. The monoisotopic (exact) mass is 239 g/mol. The Labute approximate surface area is 104 Å². The lowest BCUT2D eigenvalue weighted by atomic mass is 10.1. The Bertz CT molecular complexity index is 374. The van der Waals surface area contributed by atoms with Gasteiger partial charge in [0.05, 0.1) is 0 Å². The average Bonchev–Trinajstić information content (AvgIpc) is 2.66. The van der Waals surface area contributed by atoms with E-state index >= 15 is 0 Å². The molecule has 1 aromatic heterocycles. The van der Waals surface area contributed by atoms with Gasteiger partial charge in [-0.3, -0.25) is 9.13 Å². The molecule has 0 aliphatic rings. The van der Waals surface area contributed by atoms with Crippen LogP contribution in [0.25, 0.3) is 0 Å². The van der Waals surface area contributed by atoms with E-state index in [1.54, 1.807) is 4.57 Å². The lowest BCUT2D eigenvalue weighted by molar-refractivity contribution is 0.460. The second kappa shape index (κ2) is 6.64. The van der Waals surface area contributed by atoms with Gasteiger partial charge in [0.25, 0.3) is 0 Å². The molecule has 0 fully saturated rings. The van der Waals surface area contributed by atoms with Crippen molar-refractivity contribution in [2.24, 2.45) is 0 Å². The quantitative estimate of drug-likeness (QED) is 0.790. The van der Waals surface area contributed by atoms with Crippen molar-refractivity contribution in [1.29, 1.82) is 0 Å². The van der Waals surface area contributed by atoms with Gasteiger partial charge in [0.2, 0.25) is 0 Å². The molecule has 0 aliphatic heterocycles. The number of nitrogens with zero attached hydrogens (tertiary/aromatic N) is 2. The van der Waals surface area contributed by atoms with Gasteiger partial charge in [-0.1, -0.05) is 6.92 Å². The van der Waals surface area contributed by atoms with Gasteiger partial charge in [0.15, 0.2) is 0 Å². The number of aryl methyl sites for hydroxylation is 1. The van der Waals surface area contributed by atoms with E-state index in [1.807, 2.05) is 37.9 Å². The van der Waals surface area contributed by atoms with Crippen molar-refractivity contribution in [3.05, 3.63) is 22.9 Å². The average molecular weight is 239 g/mol. The van der Waals surface area contributed by atoms with Crippen LogP contribution in [-0.2, 0) is 6.54 Å². The van der Waals surface area contributed by atoms with Gasteiger partial charge in [0.1, 0.15) is 0 Å². The highest BCUT2D eigenvalue weighted by molar-refractivity contribution is 4.83. The predicted octanol–water partition coefficient (Wildman–Crippen LogP) is 2.01. The fourth-order valence-electron chi connectivity index (χ4n) is 2.05. The normalized spacial score (nSPS) is 13.2. The van der Waals surface area contributed by atoms with Gasteiger partial charge in [0, 0.05) is 31.0 Å². The van der Waals surface area contributed by atoms with Crippen LogP contribution in [0.5, 0.6) is 0 Å². The molecule has 4 nitrogen and oxygen atoms in total. The maximum Gasteiger partial charge on any atom is 0.328 e. The summed E-state index contributed by atoms with van der Waals surface area (Å²) < 4.78 is 3.58. The third-order valence-electron chi connectivity index (χ3n) is 3.28. The third-order valence-corrected chi connectivity index (χ3v) is 3.28. The van der Waals surface area contributed by atoms with E-state index < -0.39 is 0 Å². The summed E-state index contributed by atoms with van der Waals surface area (Å²) in [6, 6.07) is 0.808. The van der Waals surface area contributed by atoms with Crippen LogP contribution in [0.3, 0.4) is 0 Å². The van der Waals surface area contributed by atoms with Crippen molar-refractivity contribution < 1.29 is 0 Å². The van der Waals surface area contributed by atoms with Crippen LogP contribution >= 0.6 is 0 Å². The largest absolute Gasteiger partial charge is 0.328 e. The lowest BCUT2D eigenvalue weighted by Gasteiger charge is -2.13. The van der Waals surface area contributed by atoms with Crippen LogP contribution in [0.1, 0.15) is 46.1 Å². The molecule has 0 saturated carbocycles. The zero-order valence-electron chi connectivity index (χ0n) is 11.4. The molecule has 1 atom stereocenters. The molecule has 1 N–H and O–H groups in total. The van der Waals surface area contributed by atoms with Crippen LogP contribution < -0.4 is 11.0 Å². The lowest BCUT2D eigenvalue weighted by Crippen LogP contribution is -2.27. The number of hydrogen-bond donors (Lipinski definition) is 1. The highest BCUT2D eigenvalue weighted by atomic mass is 16.1. The Morgan fingerprint density at radius 3 is 2.53 bits per heavy atom. The van der Waals surface area contributed by atoms with Crippen LogP contribution in [-0.4, -0.2) is 22.2 Å². The molecule has 0 aliphatic carbocycles. The molecule has 0 radical (unpaired) electrons. The van der Waals surface area contributed by atoms with E-state index in [-0.39, 0.29) is 11.7 Å². The highest BCUT2D eigenvalue weighted by Gasteiger charge is 2.07. The van der Waals surface area contributed by atoms with Gasteiger partial charge < -0.3 is 5.32 Å². The molecule has 98 valence electrons. The molecule has 0 saturated heterocycles. The number of hydrogen-bond acceptors (Lipinski definition) is 2. The molecule has 17 heavy (non-hydrogen) atoms. The Kier molecular flexibility index (Phi) is 5.48. The van der Waals surface area contributed by atoms with Crippen molar-refractivity contribution in [2.75, 3.05) is 7.05 Å². The number of rotatable bonds is 7. The number of imidazole rings is 1. The van der Waals surface area contributed by atoms with Crippen molar-refractivity contribution in [2.45, 2.75) is 58.7 Å². The van der Waals surface area contributed by atoms with Crippen molar-refractivity contribution >= 4 is 0 Å². The SMILES string of the molecule is CCC(CCCn1ccn(C(C)C)c1=O)NC. The minimum Gasteiger partial charge on any atom is -0.317 e. The second-order valence-corrected chi connectivity index (χ2v) is 4.81. The second-order valence-electron chi connectivity index (χ2n) is 4.81. The van der Waals surface area contributed by atoms with Crippen molar-refractivity contribution in [1.82, 2.24) is 14.5 Å². The Morgan fingerprint density at radius 2 is 2.06 bits per heavy atom. The minimum absolute atomic E-state index is 0.109. The van der Waals surface area contributed by atoms with Crippen LogP contribution in [0.4, 0.5) is 0 Å². The predicted molar refractivity (Wildman–Crippen MR) is 71.4 cm³/mol. The van der Waals surface area contributed by atoms with E-state index in [1.165, 1.54) is 0 Å². The Hall–Kier alpha value is -1.03. The van der Waals surface area contributed by atoms with Gasteiger partial charge >= 0.3 is 5.69 Å². The van der Waals surface area contributed by atoms with Gasteiger partial charge in [-0.2, -0.15) is 0 Å². The maximum atomic E-state index is 11.9. The van der Waals surface area contributed by atoms with E-state index in [2.05, 4.69) is 12.2 Å². The van der Waals surface area contributed by atoms with E-state index in [0.29, 0.717) is 6.04 Å². The molecule has 1 heterocycles. The first kappa shape index (κ1) is 14.0. The molecule has 0 bridgehead atoms. The molecule has 0 amide bonds. The first-order chi connectivity index (χ1) is 8.10. The van der Waals surface area contributed by atoms with E-state index in [0.717, 1.165) is 25.8 Å². The van der Waals surface area contributed by atoms with Crippen molar-refractivity contribution in [3.63, 3.8) is 0 Å². The summed E-state index contributed by atoms with van der Waals surface area (Å²) in [4.78, 5) is 11.9. The van der Waals surface area contributed by atoms with Gasteiger partial charge in [-0.05, 0) is 40.2 Å². The first-order valence-corrected chi connectivity index (χ1v) is 6.54. The first-order valence-electron chi connectivity index (χ1n) is 6.54. The number of nitrogens with one attached hydrogen (secondary N) is 1. The van der Waals surface area contributed by atoms with Gasteiger partial charge in [-0.25, -0.2) is 4.79 Å². The summed E-state index contributed by atoms with van der Waals surface area (Å²) in [5, 5.41) is 3.28. The zero-order chi connectivity index (χ0) is 12.8. The zero-order valence-corrected chi connectivity index (χ0v) is 11.4. The smallest absolute Gasteiger partial charge is 0.317 e. The Balaban J connectivity index is 2.50. The molecule has 1 rings (SSSR count).